The maximum Gasteiger partial charge on any atom is 0.338 e. The summed E-state index contributed by atoms with van der Waals surface area (Å²) < 4.78 is 9.63. The third-order valence-electron chi connectivity index (χ3n) is 2.63. The summed E-state index contributed by atoms with van der Waals surface area (Å²) in [6.07, 6.45) is -1.05. The summed E-state index contributed by atoms with van der Waals surface area (Å²) in [5, 5.41) is 21.5. The number of nitrogens with zero attached hydrogens (tertiary/aromatic N) is 2. The van der Waals surface area contributed by atoms with Crippen LogP contribution in [0, 0.1) is 20.2 Å². The minimum atomic E-state index is -1.01. The lowest BCUT2D eigenvalue weighted by Gasteiger charge is -2.12. The minimum Gasteiger partial charge on any atom is -0.466 e. The molecular weight excluding hydrogens is 312 g/mol. The molecule has 0 aromatic heterocycles. The smallest absolute Gasteiger partial charge is 0.338 e. The van der Waals surface area contributed by atoms with Crippen molar-refractivity contribution in [2.45, 2.75) is 26.4 Å². The monoisotopic (exact) mass is 326 g/mol. The van der Waals surface area contributed by atoms with E-state index < -0.39 is 39.3 Å². The summed E-state index contributed by atoms with van der Waals surface area (Å²) >= 11 is 0. The lowest BCUT2D eigenvalue weighted by atomic mass is 10.1. The van der Waals surface area contributed by atoms with E-state index >= 15 is 0 Å². The van der Waals surface area contributed by atoms with Crippen molar-refractivity contribution in [2.75, 3.05) is 6.61 Å². The van der Waals surface area contributed by atoms with E-state index in [2.05, 4.69) is 0 Å². The fraction of sp³-hybridized carbons (Fsp3) is 0.385. The van der Waals surface area contributed by atoms with E-state index in [4.69, 9.17) is 9.47 Å². The van der Waals surface area contributed by atoms with Crippen LogP contribution in [0.1, 0.15) is 30.6 Å². The number of hydrogen-bond acceptors (Lipinski definition) is 8. The van der Waals surface area contributed by atoms with Crippen molar-refractivity contribution in [3.63, 3.8) is 0 Å². The standard InChI is InChI=1S/C13H14N2O8/c1-3-22-12(16)4-8(2)23-13(17)9-5-10(14(18)19)7-11(6-9)15(20)21/h5-8H,3-4H2,1-2H3. The summed E-state index contributed by atoms with van der Waals surface area (Å²) in [5.41, 5.74) is -1.56. The Hall–Kier alpha value is -3.04. The van der Waals surface area contributed by atoms with Gasteiger partial charge in [-0.15, -0.1) is 0 Å². The van der Waals surface area contributed by atoms with Crippen LogP contribution in [0.15, 0.2) is 18.2 Å². The van der Waals surface area contributed by atoms with E-state index in [1.807, 2.05) is 0 Å². The van der Waals surface area contributed by atoms with Crippen LogP contribution in [0.3, 0.4) is 0 Å². The van der Waals surface area contributed by atoms with Crippen molar-refractivity contribution in [3.8, 4) is 0 Å². The summed E-state index contributed by atoms with van der Waals surface area (Å²) in [5.74, 6) is -1.58. The Kier molecular flexibility index (Phi) is 6.13. The summed E-state index contributed by atoms with van der Waals surface area (Å²) in [4.78, 5) is 43.0. The van der Waals surface area contributed by atoms with Gasteiger partial charge in [-0.05, 0) is 13.8 Å². The Morgan fingerprint density at radius 3 is 2.09 bits per heavy atom. The third kappa shape index (κ3) is 5.34. The molecule has 10 nitrogen and oxygen atoms in total. The Morgan fingerprint density at radius 1 is 1.13 bits per heavy atom. The topological polar surface area (TPSA) is 139 Å². The molecule has 1 atom stereocenters. The predicted octanol–water partition coefficient (Wildman–Crippen LogP) is 2.00. The number of hydrogen-bond donors (Lipinski definition) is 0. The normalized spacial score (nSPS) is 11.4. The first-order valence-electron chi connectivity index (χ1n) is 6.55. The number of carbonyl (C=O) groups is 2. The van der Waals surface area contributed by atoms with E-state index in [0.717, 1.165) is 18.2 Å². The van der Waals surface area contributed by atoms with Gasteiger partial charge in [0.1, 0.15) is 6.10 Å². The molecule has 0 aliphatic heterocycles. The van der Waals surface area contributed by atoms with Gasteiger partial charge in [-0.1, -0.05) is 0 Å². The number of nitro benzene ring substituents is 2. The first kappa shape index (κ1) is 18.0. The first-order chi connectivity index (χ1) is 10.7. The Labute approximate surface area is 130 Å². The zero-order valence-corrected chi connectivity index (χ0v) is 12.4. The third-order valence-corrected chi connectivity index (χ3v) is 2.63. The van der Waals surface area contributed by atoms with Gasteiger partial charge in [-0.3, -0.25) is 25.0 Å². The molecule has 0 N–H and O–H groups in total. The first-order valence-corrected chi connectivity index (χ1v) is 6.55. The molecule has 0 aliphatic rings. The molecule has 0 fully saturated rings. The molecule has 0 heterocycles. The molecule has 0 saturated carbocycles. The van der Waals surface area contributed by atoms with E-state index in [1.54, 1.807) is 6.92 Å². The second-order valence-electron chi connectivity index (χ2n) is 4.48. The molecule has 1 aromatic rings. The van der Waals surface area contributed by atoms with Crippen LogP contribution in [0.25, 0.3) is 0 Å². The van der Waals surface area contributed by atoms with Crippen LogP contribution in [-0.4, -0.2) is 34.5 Å². The number of benzene rings is 1. The van der Waals surface area contributed by atoms with Crippen molar-refractivity contribution in [3.05, 3.63) is 44.0 Å². The number of ether oxygens (including phenoxy) is 2. The molecule has 1 aromatic carbocycles. The molecule has 1 unspecified atom stereocenters. The molecule has 0 aliphatic carbocycles. The molecule has 1 rings (SSSR count). The Morgan fingerprint density at radius 2 is 1.65 bits per heavy atom. The second kappa shape index (κ2) is 7.82. The van der Waals surface area contributed by atoms with Gasteiger partial charge in [-0.2, -0.15) is 0 Å². The van der Waals surface area contributed by atoms with Gasteiger partial charge in [-0.25, -0.2) is 4.79 Å². The molecule has 124 valence electrons. The van der Waals surface area contributed by atoms with Crippen LogP contribution >= 0.6 is 0 Å². The molecule has 0 radical (unpaired) electrons. The van der Waals surface area contributed by atoms with Gasteiger partial charge < -0.3 is 9.47 Å². The molecule has 0 amide bonds. The van der Waals surface area contributed by atoms with Crippen molar-refractivity contribution >= 4 is 23.3 Å². The van der Waals surface area contributed by atoms with Crippen molar-refractivity contribution in [1.82, 2.24) is 0 Å². The quantitative estimate of drug-likeness (QED) is 0.421. The number of esters is 2. The second-order valence-corrected chi connectivity index (χ2v) is 4.48. The molecule has 0 saturated heterocycles. The maximum atomic E-state index is 11.9. The molecule has 10 heteroatoms. The predicted molar refractivity (Wildman–Crippen MR) is 75.9 cm³/mol. The highest BCUT2D eigenvalue weighted by Gasteiger charge is 2.22. The fourth-order valence-electron chi connectivity index (χ4n) is 1.67. The van der Waals surface area contributed by atoms with Gasteiger partial charge in [0.15, 0.2) is 0 Å². The van der Waals surface area contributed by atoms with E-state index in [9.17, 15) is 29.8 Å². The molecule has 23 heavy (non-hydrogen) atoms. The van der Waals surface area contributed by atoms with Crippen LogP contribution in [0.2, 0.25) is 0 Å². The van der Waals surface area contributed by atoms with E-state index in [1.165, 1.54) is 6.92 Å². The summed E-state index contributed by atoms with van der Waals surface area (Å²) in [6, 6.07) is 2.47. The van der Waals surface area contributed by atoms with Gasteiger partial charge in [0.2, 0.25) is 0 Å². The molecule has 0 bridgehead atoms. The average molecular weight is 326 g/mol. The van der Waals surface area contributed by atoms with Crippen LogP contribution in [0.4, 0.5) is 11.4 Å². The minimum absolute atomic E-state index is 0.177. The summed E-state index contributed by atoms with van der Waals surface area (Å²) in [7, 11) is 0. The highest BCUT2D eigenvalue weighted by atomic mass is 16.6. The zero-order valence-electron chi connectivity index (χ0n) is 12.4. The highest BCUT2D eigenvalue weighted by Crippen LogP contribution is 2.23. The lowest BCUT2D eigenvalue weighted by molar-refractivity contribution is -0.394. The maximum absolute atomic E-state index is 11.9. The zero-order chi connectivity index (χ0) is 17.6. The van der Waals surface area contributed by atoms with Crippen molar-refractivity contribution in [1.29, 1.82) is 0 Å². The molecule has 0 spiro atoms. The highest BCUT2D eigenvalue weighted by molar-refractivity contribution is 5.91. The Bertz CT molecular complexity index is 611. The number of nitro groups is 2. The number of carbonyl (C=O) groups excluding carboxylic acids is 2. The van der Waals surface area contributed by atoms with Crippen LogP contribution in [0.5, 0.6) is 0 Å². The van der Waals surface area contributed by atoms with Gasteiger partial charge in [0.25, 0.3) is 11.4 Å². The van der Waals surface area contributed by atoms with Gasteiger partial charge in [0, 0.05) is 12.1 Å². The van der Waals surface area contributed by atoms with Crippen LogP contribution < -0.4 is 0 Å². The lowest BCUT2D eigenvalue weighted by Crippen LogP contribution is -2.20. The number of rotatable bonds is 7. The number of non-ortho nitro benzene ring substituents is 2. The van der Waals surface area contributed by atoms with E-state index in [-0.39, 0.29) is 18.6 Å². The van der Waals surface area contributed by atoms with Crippen molar-refractivity contribution in [2.24, 2.45) is 0 Å². The van der Waals surface area contributed by atoms with Crippen LogP contribution in [-0.2, 0) is 14.3 Å². The van der Waals surface area contributed by atoms with Gasteiger partial charge in [0.05, 0.1) is 34.5 Å². The fourth-order valence-corrected chi connectivity index (χ4v) is 1.67. The average Bonchev–Trinajstić information content (AvgIpc) is 2.46. The van der Waals surface area contributed by atoms with Crippen molar-refractivity contribution < 1.29 is 28.9 Å². The largest absolute Gasteiger partial charge is 0.466 e. The summed E-state index contributed by atoms with van der Waals surface area (Å²) in [6.45, 7) is 3.23. The van der Waals surface area contributed by atoms with E-state index in [0.29, 0.717) is 0 Å². The Balaban J connectivity index is 2.92. The SMILES string of the molecule is CCOC(=O)CC(C)OC(=O)c1cc([N+](=O)[O-])cc([N+](=O)[O-])c1. The van der Waals surface area contributed by atoms with Gasteiger partial charge >= 0.3 is 11.9 Å². The molecular formula is C13H14N2O8.